The zero-order chi connectivity index (χ0) is 22.6. The van der Waals surface area contributed by atoms with Gasteiger partial charge in [0.25, 0.3) is 0 Å². The summed E-state index contributed by atoms with van der Waals surface area (Å²) in [6, 6.07) is 0. The fraction of sp³-hybridized carbons (Fsp3) is 0.760. The summed E-state index contributed by atoms with van der Waals surface area (Å²) in [6.45, 7) is 10.6. The van der Waals surface area contributed by atoms with E-state index in [1.165, 1.54) is 64.6 Å². The van der Waals surface area contributed by atoms with Crippen LogP contribution in [0.25, 0.3) is 0 Å². The van der Waals surface area contributed by atoms with Gasteiger partial charge in [-0.25, -0.2) is 0 Å². The van der Waals surface area contributed by atoms with Gasteiger partial charge in [0.15, 0.2) is 14.1 Å². The molecule has 30 heavy (non-hydrogen) atoms. The number of unbranched alkanes of at least 4 members (excludes halogenated alkanes) is 5. The largest absolute Gasteiger partial charge is 0.468 e. The number of rotatable bonds is 14. The first-order valence-electron chi connectivity index (χ1n) is 11.8. The summed E-state index contributed by atoms with van der Waals surface area (Å²) in [7, 11) is -0.297. The predicted octanol–water partition coefficient (Wildman–Crippen LogP) is 6.47. The third-order valence-electron chi connectivity index (χ3n) is 5.92. The van der Waals surface area contributed by atoms with Gasteiger partial charge in [0.1, 0.15) is 5.92 Å². The summed E-state index contributed by atoms with van der Waals surface area (Å²) in [5.41, 5.74) is 0. The van der Waals surface area contributed by atoms with E-state index in [1.807, 2.05) is 6.08 Å². The highest BCUT2D eigenvalue weighted by molar-refractivity contribution is 6.69. The number of carbonyl (C=O) groups is 2. The average molecular weight is 437 g/mol. The number of esters is 1. The van der Waals surface area contributed by atoms with Crippen molar-refractivity contribution < 1.29 is 18.8 Å². The molecule has 0 aromatic carbocycles. The van der Waals surface area contributed by atoms with Crippen LogP contribution in [0.5, 0.6) is 0 Å². The van der Waals surface area contributed by atoms with Crippen LogP contribution in [0.3, 0.4) is 0 Å². The molecule has 0 spiro atoms. The van der Waals surface area contributed by atoms with E-state index in [0.717, 1.165) is 6.42 Å². The molecule has 1 fully saturated rings. The molecular formula is C25H44O4Si. The van der Waals surface area contributed by atoms with Gasteiger partial charge in [0, 0.05) is 5.92 Å². The Morgan fingerprint density at radius 2 is 1.70 bits per heavy atom. The molecule has 5 heteroatoms. The fourth-order valence-corrected chi connectivity index (χ4v) is 5.43. The third kappa shape index (κ3) is 10.2. The van der Waals surface area contributed by atoms with E-state index in [9.17, 15) is 9.59 Å². The topological polar surface area (TPSA) is 52.6 Å². The maximum absolute atomic E-state index is 12.1. The van der Waals surface area contributed by atoms with Crippen LogP contribution in [0, 0.1) is 17.8 Å². The number of methoxy groups -OCH3 is 1. The van der Waals surface area contributed by atoms with Crippen molar-refractivity contribution in [2.75, 3.05) is 7.11 Å². The second-order valence-electron chi connectivity index (χ2n) is 9.63. The number of ether oxygens (including phenoxy) is 1. The highest BCUT2D eigenvalue weighted by atomic mass is 28.4. The summed E-state index contributed by atoms with van der Waals surface area (Å²) in [6.07, 6.45) is 19.3. The Labute approximate surface area is 185 Å². The highest BCUT2D eigenvalue weighted by Crippen LogP contribution is 2.39. The van der Waals surface area contributed by atoms with Crippen LogP contribution in [0.15, 0.2) is 24.3 Å². The maximum Gasteiger partial charge on any atom is 0.316 e. The van der Waals surface area contributed by atoms with Crippen molar-refractivity contribution in [3.63, 3.8) is 0 Å². The third-order valence-corrected chi connectivity index (χ3v) is 6.93. The molecule has 0 bridgehead atoms. The van der Waals surface area contributed by atoms with Gasteiger partial charge in [-0.3, -0.25) is 9.59 Å². The van der Waals surface area contributed by atoms with Crippen molar-refractivity contribution >= 4 is 20.1 Å². The van der Waals surface area contributed by atoms with Gasteiger partial charge in [0.2, 0.25) is 0 Å². The van der Waals surface area contributed by atoms with Crippen molar-refractivity contribution in [2.45, 2.75) is 97.4 Å². The normalized spacial score (nSPS) is 23.3. The van der Waals surface area contributed by atoms with E-state index in [2.05, 4.69) is 37.4 Å². The number of carbonyl (C=O) groups excluding carboxylic acids is 2. The van der Waals surface area contributed by atoms with Crippen LogP contribution in [-0.4, -0.2) is 33.3 Å². The SMILES string of the molecule is CCCCCCCC[C@H]1CC[C@H](O[Si](C)(C)C)[C@@H]1C=CC=CC(=O)C(C)C(=O)OC. The van der Waals surface area contributed by atoms with Gasteiger partial charge in [0.05, 0.1) is 13.2 Å². The number of hydrogen-bond acceptors (Lipinski definition) is 4. The molecular weight excluding hydrogens is 392 g/mol. The molecule has 0 saturated heterocycles. The van der Waals surface area contributed by atoms with E-state index in [4.69, 9.17) is 4.43 Å². The summed E-state index contributed by atoms with van der Waals surface area (Å²) in [5, 5.41) is 0. The van der Waals surface area contributed by atoms with Gasteiger partial charge in [-0.15, -0.1) is 0 Å². The fourth-order valence-electron chi connectivity index (χ4n) is 4.24. The molecule has 1 saturated carbocycles. The second kappa shape index (κ2) is 14.0. The lowest BCUT2D eigenvalue weighted by Crippen LogP contribution is -2.34. The summed E-state index contributed by atoms with van der Waals surface area (Å²) in [4.78, 5) is 23.6. The lowest BCUT2D eigenvalue weighted by molar-refractivity contribution is -0.147. The van der Waals surface area contributed by atoms with E-state index in [0.29, 0.717) is 11.8 Å². The van der Waals surface area contributed by atoms with Gasteiger partial charge < -0.3 is 9.16 Å². The van der Waals surface area contributed by atoms with E-state index >= 15 is 0 Å². The van der Waals surface area contributed by atoms with E-state index in [-0.39, 0.29) is 11.9 Å². The van der Waals surface area contributed by atoms with Gasteiger partial charge >= 0.3 is 5.97 Å². The summed E-state index contributed by atoms with van der Waals surface area (Å²) >= 11 is 0. The molecule has 4 atom stereocenters. The van der Waals surface area contributed by atoms with Gasteiger partial charge in [-0.05, 0) is 57.8 Å². The quantitative estimate of drug-likeness (QED) is 0.0781. The molecule has 4 nitrogen and oxygen atoms in total. The lowest BCUT2D eigenvalue weighted by atomic mass is 9.89. The van der Waals surface area contributed by atoms with Crippen molar-refractivity contribution in [1.82, 2.24) is 0 Å². The van der Waals surface area contributed by atoms with Gasteiger partial charge in [-0.1, -0.05) is 63.7 Å². The minimum atomic E-state index is -1.60. The molecule has 0 aromatic heterocycles. The van der Waals surface area contributed by atoms with Crippen LogP contribution < -0.4 is 0 Å². The Balaban J connectivity index is 2.67. The first-order valence-corrected chi connectivity index (χ1v) is 15.2. The standard InChI is InChI=1S/C25H44O4Si/c1-7-8-9-10-11-12-15-21-18-19-24(29-30(4,5)6)22(21)16-13-14-17-23(26)20(2)25(27)28-3/h13-14,16-17,20-22,24H,7-12,15,18-19H2,1-6H3/t20?,21-,22+,24-/m0/s1. The first kappa shape index (κ1) is 26.8. The van der Waals surface area contributed by atoms with E-state index < -0.39 is 20.2 Å². The number of hydrogen-bond donors (Lipinski definition) is 0. The first-order chi connectivity index (χ1) is 14.2. The van der Waals surface area contributed by atoms with Crippen LogP contribution in [0.4, 0.5) is 0 Å². The number of ketones is 1. The van der Waals surface area contributed by atoms with Crippen LogP contribution in [-0.2, 0) is 18.8 Å². The Kier molecular flexibility index (Phi) is 12.5. The lowest BCUT2D eigenvalue weighted by Gasteiger charge is -2.28. The van der Waals surface area contributed by atoms with Crippen LogP contribution in [0.1, 0.15) is 71.6 Å². The van der Waals surface area contributed by atoms with E-state index in [1.54, 1.807) is 13.0 Å². The van der Waals surface area contributed by atoms with Crippen molar-refractivity contribution in [3.8, 4) is 0 Å². The molecule has 1 aliphatic rings. The minimum absolute atomic E-state index is 0.226. The molecule has 0 radical (unpaired) electrons. The Morgan fingerprint density at radius 1 is 1.03 bits per heavy atom. The number of allylic oxidation sites excluding steroid dienone is 3. The molecule has 0 amide bonds. The molecule has 1 aliphatic carbocycles. The molecule has 0 aromatic rings. The molecule has 0 heterocycles. The van der Waals surface area contributed by atoms with Crippen molar-refractivity contribution in [1.29, 1.82) is 0 Å². The highest BCUT2D eigenvalue weighted by Gasteiger charge is 2.36. The van der Waals surface area contributed by atoms with Gasteiger partial charge in [-0.2, -0.15) is 0 Å². The average Bonchev–Trinajstić information content (AvgIpc) is 3.06. The Bertz CT molecular complexity index is 576. The second-order valence-corrected chi connectivity index (χ2v) is 14.1. The Morgan fingerprint density at radius 3 is 2.33 bits per heavy atom. The summed E-state index contributed by atoms with van der Waals surface area (Å²) < 4.78 is 11.1. The molecule has 0 N–H and O–H groups in total. The summed E-state index contributed by atoms with van der Waals surface area (Å²) in [5.74, 6) is -0.407. The molecule has 1 rings (SSSR count). The minimum Gasteiger partial charge on any atom is -0.468 e. The van der Waals surface area contributed by atoms with Crippen molar-refractivity contribution in [2.24, 2.45) is 17.8 Å². The zero-order valence-corrected chi connectivity index (χ0v) is 21.1. The van der Waals surface area contributed by atoms with Crippen molar-refractivity contribution in [3.05, 3.63) is 24.3 Å². The predicted molar refractivity (Wildman–Crippen MR) is 127 cm³/mol. The molecule has 172 valence electrons. The maximum atomic E-state index is 12.1. The van der Waals surface area contributed by atoms with Crippen LogP contribution in [0.2, 0.25) is 19.6 Å². The zero-order valence-electron chi connectivity index (χ0n) is 20.1. The smallest absolute Gasteiger partial charge is 0.316 e. The van der Waals surface area contributed by atoms with Crippen LogP contribution >= 0.6 is 0 Å². The molecule has 1 unspecified atom stereocenters. The Hall–Kier alpha value is -1.20. The monoisotopic (exact) mass is 436 g/mol. The molecule has 0 aliphatic heterocycles.